The Morgan fingerprint density at radius 3 is 2.62 bits per heavy atom. The number of anilines is 1. The molecule has 0 saturated carbocycles. The van der Waals surface area contributed by atoms with E-state index in [4.69, 9.17) is 4.74 Å². The molecule has 0 unspecified atom stereocenters. The molecule has 24 heavy (non-hydrogen) atoms. The first kappa shape index (κ1) is 14.7. The number of hydrogen-bond donors (Lipinski definition) is 2. The van der Waals surface area contributed by atoms with E-state index in [-0.39, 0.29) is 19.1 Å². The summed E-state index contributed by atoms with van der Waals surface area (Å²) in [5.74, 6) is 0.230. The van der Waals surface area contributed by atoms with Crippen molar-refractivity contribution in [1.29, 1.82) is 0 Å². The zero-order valence-electron chi connectivity index (χ0n) is 12.8. The van der Waals surface area contributed by atoms with Crippen LogP contribution in [0.25, 0.3) is 10.9 Å². The van der Waals surface area contributed by atoms with Gasteiger partial charge >= 0.3 is 0 Å². The van der Waals surface area contributed by atoms with E-state index in [0.29, 0.717) is 11.4 Å². The van der Waals surface area contributed by atoms with Crippen LogP contribution in [0.2, 0.25) is 0 Å². The normalized spacial score (nSPS) is 15.7. The largest absolute Gasteiger partial charge is 0.380 e. The molecule has 1 aliphatic heterocycles. The average Bonchev–Trinajstić information content (AvgIpc) is 2.59. The Labute approximate surface area is 138 Å². The minimum atomic E-state index is -0.928. The van der Waals surface area contributed by atoms with Crippen LogP contribution in [0.15, 0.2) is 54.9 Å². The van der Waals surface area contributed by atoms with Crippen LogP contribution in [0.5, 0.6) is 0 Å². The molecule has 1 aliphatic rings. The highest BCUT2D eigenvalue weighted by Crippen LogP contribution is 2.29. The molecule has 2 N–H and O–H groups in total. The van der Waals surface area contributed by atoms with Gasteiger partial charge in [0.2, 0.25) is 0 Å². The van der Waals surface area contributed by atoms with Gasteiger partial charge in [0.15, 0.2) is 0 Å². The molecule has 0 atom stereocenters. The number of nitrogens with zero attached hydrogens (tertiary/aromatic N) is 2. The lowest BCUT2D eigenvalue weighted by Gasteiger charge is -2.36. The number of benzene rings is 1. The Bertz CT molecular complexity index is 905. The number of carbonyl (C=O) groups is 1. The van der Waals surface area contributed by atoms with E-state index in [2.05, 4.69) is 15.3 Å². The summed E-state index contributed by atoms with van der Waals surface area (Å²) in [5.41, 5.74) is 1.09. The maximum Gasteiger partial charge on any atom is 0.256 e. The second-order valence-corrected chi connectivity index (χ2v) is 5.82. The zero-order valence-corrected chi connectivity index (χ0v) is 12.8. The van der Waals surface area contributed by atoms with Crippen molar-refractivity contribution in [2.75, 3.05) is 18.5 Å². The lowest BCUT2D eigenvalue weighted by molar-refractivity contribution is -0.184. The number of aromatic nitrogens is 2. The standard InChI is InChI=1S/C18H15N3O3/c22-17(12-1-4-14(5-2-12)18(23)10-24-11-18)21-16-6-3-13-9-19-8-7-15(13)20-16/h1-9,23H,10-11H2,(H,20,21,22). The number of ether oxygens (including phenoxy) is 1. The monoisotopic (exact) mass is 321 g/mol. The SMILES string of the molecule is O=C(Nc1ccc2cnccc2n1)c1ccc(C2(O)COC2)cc1. The van der Waals surface area contributed by atoms with Gasteiger partial charge < -0.3 is 15.2 Å². The first-order valence-electron chi connectivity index (χ1n) is 7.57. The number of carbonyl (C=O) groups excluding carboxylic acids is 1. The van der Waals surface area contributed by atoms with Crippen LogP contribution in [0.1, 0.15) is 15.9 Å². The quantitative estimate of drug-likeness (QED) is 0.772. The van der Waals surface area contributed by atoms with Gasteiger partial charge in [-0.1, -0.05) is 12.1 Å². The third-order valence-corrected chi connectivity index (χ3v) is 4.10. The van der Waals surface area contributed by atoms with Gasteiger partial charge in [-0.15, -0.1) is 0 Å². The van der Waals surface area contributed by atoms with Crippen molar-refractivity contribution < 1.29 is 14.6 Å². The molecule has 0 spiro atoms. The zero-order chi connectivity index (χ0) is 16.6. The van der Waals surface area contributed by atoms with E-state index in [1.165, 1.54) is 0 Å². The first-order chi connectivity index (χ1) is 11.6. The van der Waals surface area contributed by atoms with Gasteiger partial charge in [0, 0.05) is 23.3 Å². The van der Waals surface area contributed by atoms with Crippen molar-refractivity contribution in [3.05, 3.63) is 66.0 Å². The topological polar surface area (TPSA) is 84.3 Å². The number of rotatable bonds is 3. The van der Waals surface area contributed by atoms with Crippen LogP contribution in [0.4, 0.5) is 5.82 Å². The molecular weight excluding hydrogens is 306 g/mol. The van der Waals surface area contributed by atoms with Crippen LogP contribution >= 0.6 is 0 Å². The number of fused-ring (bicyclic) bond motifs is 1. The van der Waals surface area contributed by atoms with Gasteiger partial charge in [0.05, 0.1) is 18.7 Å². The number of amides is 1. The van der Waals surface area contributed by atoms with Crippen molar-refractivity contribution in [2.45, 2.75) is 5.60 Å². The third-order valence-electron chi connectivity index (χ3n) is 4.10. The first-order valence-corrected chi connectivity index (χ1v) is 7.57. The van der Waals surface area contributed by atoms with Crippen molar-refractivity contribution in [3.63, 3.8) is 0 Å². The Morgan fingerprint density at radius 1 is 1.12 bits per heavy atom. The second kappa shape index (κ2) is 5.67. The summed E-state index contributed by atoms with van der Waals surface area (Å²) < 4.78 is 5.04. The van der Waals surface area contributed by atoms with Crippen molar-refractivity contribution in [1.82, 2.24) is 9.97 Å². The van der Waals surface area contributed by atoms with Crippen LogP contribution in [-0.2, 0) is 10.3 Å². The predicted octanol–water partition coefficient (Wildman–Crippen LogP) is 2.10. The van der Waals surface area contributed by atoms with Gasteiger partial charge in [0.25, 0.3) is 5.91 Å². The molecule has 3 heterocycles. The highest BCUT2D eigenvalue weighted by molar-refractivity contribution is 6.04. The van der Waals surface area contributed by atoms with E-state index < -0.39 is 5.60 Å². The highest BCUT2D eigenvalue weighted by atomic mass is 16.5. The summed E-state index contributed by atoms with van der Waals surface area (Å²) in [6, 6.07) is 12.3. The van der Waals surface area contributed by atoms with Gasteiger partial charge in [-0.05, 0) is 35.9 Å². The van der Waals surface area contributed by atoms with Crippen LogP contribution < -0.4 is 5.32 Å². The molecular formula is C18H15N3O3. The average molecular weight is 321 g/mol. The van der Waals surface area contributed by atoms with E-state index in [1.807, 2.05) is 6.07 Å². The maximum absolute atomic E-state index is 12.3. The Kier molecular flexibility index (Phi) is 3.48. The molecule has 120 valence electrons. The number of nitrogens with one attached hydrogen (secondary N) is 1. The van der Waals surface area contributed by atoms with Gasteiger partial charge in [-0.2, -0.15) is 0 Å². The van der Waals surface area contributed by atoms with Crippen LogP contribution in [-0.4, -0.2) is 34.2 Å². The molecule has 3 aromatic rings. The van der Waals surface area contributed by atoms with Crippen LogP contribution in [0.3, 0.4) is 0 Å². The fourth-order valence-electron chi connectivity index (χ4n) is 2.62. The summed E-state index contributed by atoms with van der Waals surface area (Å²) in [6.07, 6.45) is 3.39. The molecule has 6 nitrogen and oxygen atoms in total. The summed E-state index contributed by atoms with van der Waals surface area (Å²) in [4.78, 5) is 20.8. The van der Waals surface area contributed by atoms with E-state index in [9.17, 15) is 9.90 Å². The van der Waals surface area contributed by atoms with Crippen molar-refractivity contribution in [3.8, 4) is 0 Å². The molecule has 2 aromatic heterocycles. The maximum atomic E-state index is 12.3. The lowest BCUT2D eigenvalue weighted by atomic mass is 9.91. The molecule has 6 heteroatoms. The number of hydrogen-bond acceptors (Lipinski definition) is 5. The van der Waals surface area contributed by atoms with E-state index in [1.54, 1.807) is 48.8 Å². The van der Waals surface area contributed by atoms with Crippen LogP contribution in [0, 0.1) is 0 Å². The summed E-state index contributed by atoms with van der Waals surface area (Å²) in [7, 11) is 0. The molecule has 0 aliphatic carbocycles. The summed E-state index contributed by atoms with van der Waals surface area (Å²) in [6.45, 7) is 0.572. The third kappa shape index (κ3) is 2.62. The van der Waals surface area contributed by atoms with Gasteiger partial charge in [-0.3, -0.25) is 9.78 Å². The Hall–Kier alpha value is -2.83. The molecule has 1 saturated heterocycles. The van der Waals surface area contributed by atoms with Gasteiger partial charge in [0.1, 0.15) is 11.4 Å². The predicted molar refractivity (Wildman–Crippen MR) is 88.6 cm³/mol. The lowest BCUT2D eigenvalue weighted by Crippen LogP contribution is -2.46. The van der Waals surface area contributed by atoms with Crippen molar-refractivity contribution in [2.24, 2.45) is 0 Å². The summed E-state index contributed by atoms with van der Waals surface area (Å²) >= 11 is 0. The molecule has 0 bridgehead atoms. The molecule has 4 rings (SSSR count). The highest BCUT2D eigenvalue weighted by Gasteiger charge is 2.37. The van der Waals surface area contributed by atoms with E-state index >= 15 is 0 Å². The molecule has 1 amide bonds. The molecule has 0 radical (unpaired) electrons. The van der Waals surface area contributed by atoms with E-state index in [0.717, 1.165) is 16.5 Å². The van der Waals surface area contributed by atoms with Gasteiger partial charge in [-0.25, -0.2) is 4.98 Å². The fourth-order valence-corrected chi connectivity index (χ4v) is 2.62. The fraction of sp³-hybridized carbons (Fsp3) is 0.167. The van der Waals surface area contributed by atoms with Crippen molar-refractivity contribution >= 4 is 22.6 Å². The number of pyridine rings is 2. The second-order valence-electron chi connectivity index (χ2n) is 5.82. The molecule has 1 fully saturated rings. The Morgan fingerprint density at radius 2 is 1.92 bits per heavy atom. The molecule has 1 aromatic carbocycles. The minimum absolute atomic E-state index is 0.251. The smallest absolute Gasteiger partial charge is 0.256 e. The summed E-state index contributed by atoms with van der Waals surface area (Å²) in [5, 5.41) is 13.9. The minimum Gasteiger partial charge on any atom is -0.380 e. The number of aliphatic hydroxyl groups is 1. The Balaban J connectivity index is 1.52.